The molecule has 0 bridgehead atoms. The molecule has 3 heteroatoms. The number of nitrogens with zero attached hydrogens (tertiary/aromatic N) is 1. The molecule has 0 aromatic heterocycles. The smallest absolute Gasteiger partial charge is 0.142 e. The number of hydrogen-bond acceptors (Lipinski definition) is 3. The van der Waals surface area contributed by atoms with Gasteiger partial charge in [-0.2, -0.15) is 0 Å². The van der Waals surface area contributed by atoms with Gasteiger partial charge in [-0.05, 0) is 24.5 Å². The fraction of sp³-hybridized carbons (Fsp3) is 0.500. The summed E-state index contributed by atoms with van der Waals surface area (Å²) in [6.45, 7) is 0.970. The minimum atomic E-state index is 0.327. The Kier molecular flexibility index (Phi) is 1.89. The van der Waals surface area contributed by atoms with Crippen molar-refractivity contribution >= 4 is 5.69 Å². The summed E-state index contributed by atoms with van der Waals surface area (Å²) < 4.78 is 5.42. The number of ether oxygens (including phenoxy) is 1. The molecule has 1 aromatic rings. The summed E-state index contributed by atoms with van der Waals surface area (Å²) >= 11 is 0. The number of hydrogen-bond donors (Lipinski definition) is 1. The highest BCUT2D eigenvalue weighted by Gasteiger charge is 2.38. The van der Waals surface area contributed by atoms with E-state index in [0.717, 1.165) is 25.1 Å². The SMILES string of the molecule is COc1cccc2c1N1CC(N)CC1C2. The van der Waals surface area contributed by atoms with E-state index in [9.17, 15) is 0 Å². The van der Waals surface area contributed by atoms with Gasteiger partial charge in [-0.25, -0.2) is 0 Å². The molecule has 3 rings (SSSR count). The van der Waals surface area contributed by atoms with E-state index in [4.69, 9.17) is 10.5 Å². The maximum atomic E-state index is 5.99. The first-order valence-corrected chi connectivity index (χ1v) is 5.47. The molecule has 2 unspecified atom stereocenters. The Bertz CT molecular complexity index is 391. The van der Waals surface area contributed by atoms with Crippen LogP contribution in [0.2, 0.25) is 0 Å². The lowest BCUT2D eigenvalue weighted by molar-refractivity contribution is 0.415. The summed E-state index contributed by atoms with van der Waals surface area (Å²) in [5, 5.41) is 0. The average molecular weight is 204 g/mol. The maximum absolute atomic E-state index is 5.99. The third-order valence-electron chi connectivity index (χ3n) is 3.49. The lowest BCUT2D eigenvalue weighted by Gasteiger charge is -2.20. The molecular formula is C12H16N2O. The van der Waals surface area contributed by atoms with E-state index in [-0.39, 0.29) is 0 Å². The van der Waals surface area contributed by atoms with E-state index in [1.54, 1.807) is 7.11 Å². The van der Waals surface area contributed by atoms with Gasteiger partial charge in [-0.15, -0.1) is 0 Å². The molecule has 0 amide bonds. The van der Waals surface area contributed by atoms with Crippen molar-refractivity contribution < 1.29 is 4.74 Å². The van der Waals surface area contributed by atoms with Crippen LogP contribution in [-0.2, 0) is 6.42 Å². The second-order valence-electron chi connectivity index (χ2n) is 4.47. The fourth-order valence-electron chi connectivity index (χ4n) is 2.90. The van der Waals surface area contributed by atoms with Crippen LogP contribution in [0.4, 0.5) is 5.69 Å². The molecule has 1 fully saturated rings. The van der Waals surface area contributed by atoms with Crippen molar-refractivity contribution in [3.8, 4) is 5.75 Å². The minimum absolute atomic E-state index is 0.327. The summed E-state index contributed by atoms with van der Waals surface area (Å²) in [7, 11) is 1.74. The van der Waals surface area contributed by atoms with Gasteiger partial charge in [0.15, 0.2) is 0 Å². The predicted octanol–water partition coefficient (Wildman–Crippen LogP) is 1.16. The molecule has 1 aromatic carbocycles. The Balaban J connectivity index is 2.05. The summed E-state index contributed by atoms with van der Waals surface area (Å²) in [6.07, 6.45) is 2.23. The number of methoxy groups -OCH3 is 1. The van der Waals surface area contributed by atoms with Crippen LogP contribution in [0.1, 0.15) is 12.0 Å². The summed E-state index contributed by atoms with van der Waals surface area (Å²) in [5.41, 5.74) is 8.68. The quantitative estimate of drug-likeness (QED) is 0.746. The molecule has 0 saturated carbocycles. The monoisotopic (exact) mass is 204 g/mol. The normalized spacial score (nSPS) is 27.7. The van der Waals surface area contributed by atoms with Crippen molar-refractivity contribution in [2.45, 2.75) is 24.9 Å². The van der Waals surface area contributed by atoms with Crippen LogP contribution in [0.5, 0.6) is 5.75 Å². The van der Waals surface area contributed by atoms with Gasteiger partial charge in [0.2, 0.25) is 0 Å². The highest BCUT2D eigenvalue weighted by molar-refractivity contribution is 5.69. The van der Waals surface area contributed by atoms with Crippen LogP contribution in [0.15, 0.2) is 18.2 Å². The van der Waals surface area contributed by atoms with Crippen molar-refractivity contribution in [1.29, 1.82) is 0 Å². The minimum Gasteiger partial charge on any atom is -0.495 e. The molecule has 2 aliphatic rings. The predicted molar refractivity (Wildman–Crippen MR) is 60.4 cm³/mol. The Labute approximate surface area is 89.8 Å². The van der Waals surface area contributed by atoms with Crippen LogP contribution < -0.4 is 15.4 Å². The topological polar surface area (TPSA) is 38.5 Å². The molecule has 2 heterocycles. The first kappa shape index (κ1) is 9.04. The Hall–Kier alpha value is -1.22. The van der Waals surface area contributed by atoms with Crippen LogP contribution in [0.25, 0.3) is 0 Å². The van der Waals surface area contributed by atoms with Gasteiger partial charge in [0.05, 0.1) is 12.8 Å². The van der Waals surface area contributed by atoms with Gasteiger partial charge in [-0.3, -0.25) is 0 Å². The molecule has 0 radical (unpaired) electrons. The van der Waals surface area contributed by atoms with E-state index in [0.29, 0.717) is 12.1 Å². The lowest BCUT2D eigenvalue weighted by atomic mass is 10.1. The van der Waals surface area contributed by atoms with Crippen molar-refractivity contribution in [2.75, 3.05) is 18.6 Å². The van der Waals surface area contributed by atoms with Crippen molar-refractivity contribution in [3.63, 3.8) is 0 Å². The molecule has 1 saturated heterocycles. The highest BCUT2D eigenvalue weighted by atomic mass is 16.5. The molecule has 80 valence electrons. The van der Waals surface area contributed by atoms with Crippen molar-refractivity contribution in [3.05, 3.63) is 23.8 Å². The summed E-state index contributed by atoms with van der Waals surface area (Å²) in [5.74, 6) is 0.990. The second-order valence-corrected chi connectivity index (χ2v) is 4.47. The molecule has 0 aliphatic carbocycles. The molecule has 2 atom stereocenters. The van der Waals surface area contributed by atoms with Gasteiger partial charge in [0.1, 0.15) is 5.75 Å². The molecule has 3 nitrogen and oxygen atoms in total. The first-order valence-electron chi connectivity index (χ1n) is 5.47. The first-order chi connectivity index (χ1) is 7.29. The summed E-state index contributed by atoms with van der Waals surface area (Å²) in [6, 6.07) is 7.23. The molecule has 15 heavy (non-hydrogen) atoms. The van der Waals surface area contributed by atoms with E-state index in [2.05, 4.69) is 17.0 Å². The van der Waals surface area contributed by atoms with Crippen molar-refractivity contribution in [1.82, 2.24) is 0 Å². The zero-order chi connectivity index (χ0) is 10.4. The van der Waals surface area contributed by atoms with E-state index in [1.165, 1.54) is 11.3 Å². The highest BCUT2D eigenvalue weighted by Crippen LogP contribution is 2.43. The number of anilines is 1. The third kappa shape index (κ3) is 1.23. The van der Waals surface area contributed by atoms with Crippen LogP contribution >= 0.6 is 0 Å². The zero-order valence-electron chi connectivity index (χ0n) is 8.94. The zero-order valence-corrected chi connectivity index (χ0v) is 8.94. The maximum Gasteiger partial charge on any atom is 0.142 e. The van der Waals surface area contributed by atoms with E-state index in [1.807, 2.05) is 6.07 Å². The Morgan fingerprint density at radius 2 is 2.33 bits per heavy atom. The Morgan fingerprint density at radius 1 is 1.47 bits per heavy atom. The van der Waals surface area contributed by atoms with Gasteiger partial charge in [0, 0.05) is 18.6 Å². The number of para-hydroxylation sites is 1. The van der Waals surface area contributed by atoms with Gasteiger partial charge < -0.3 is 15.4 Å². The van der Waals surface area contributed by atoms with E-state index < -0.39 is 0 Å². The molecular weight excluding hydrogens is 188 g/mol. The molecule has 2 aliphatic heterocycles. The lowest BCUT2D eigenvalue weighted by Crippen LogP contribution is -2.27. The van der Waals surface area contributed by atoms with Crippen LogP contribution in [-0.4, -0.2) is 25.7 Å². The average Bonchev–Trinajstić information content (AvgIpc) is 2.72. The van der Waals surface area contributed by atoms with Gasteiger partial charge in [-0.1, -0.05) is 12.1 Å². The van der Waals surface area contributed by atoms with Gasteiger partial charge in [0.25, 0.3) is 0 Å². The molecule has 0 spiro atoms. The summed E-state index contributed by atoms with van der Waals surface area (Å²) in [4.78, 5) is 2.42. The number of nitrogens with two attached hydrogens (primary N) is 1. The molecule has 2 N–H and O–H groups in total. The van der Waals surface area contributed by atoms with Crippen LogP contribution in [0.3, 0.4) is 0 Å². The number of fused-ring (bicyclic) bond motifs is 3. The fourth-order valence-corrected chi connectivity index (χ4v) is 2.90. The standard InChI is InChI=1S/C12H16N2O/c1-15-11-4-2-3-8-5-10-6-9(13)7-14(10)12(8)11/h2-4,9-10H,5-7,13H2,1H3. The van der Waals surface area contributed by atoms with Gasteiger partial charge >= 0.3 is 0 Å². The Morgan fingerprint density at radius 3 is 3.13 bits per heavy atom. The largest absolute Gasteiger partial charge is 0.495 e. The number of benzene rings is 1. The second kappa shape index (κ2) is 3.14. The van der Waals surface area contributed by atoms with Crippen LogP contribution in [0, 0.1) is 0 Å². The number of rotatable bonds is 1. The third-order valence-corrected chi connectivity index (χ3v) is 3.49. The van der Waals surface area contributed by atoms with E-state index >= 15 is 0 Å². The van der Waals surface area contributed by atoms with Crippen molar-refractivity contribution in [2.24, 2.45) is 5.73 Å².